The van der Waals surface area contributed by atoms with Gasteiger partial charge in [0.2, 0.25) is 0 Å². The quantitative estimate of drug-likeness (QED) is 0.878. The van der Waals surface area contributed by atoms with E-state index < -0.39 is 11.6 Å². The van der Waals surface area contributed by atoms with Crippen LogP contribution >= 0.6 is 0 Å². The fourth-order valence-corrected chi connectivity index (χ4v) is 3.10. The predicted molar refractivity (Wildman–Crippen MR) is 96.0 cm³/mol. The molecule has 1 aliphatic heterocycles. The van der Waals surface area contributed by atoms with E-state index in [9.17, 15) is 14.3 Å². The Morgan fingerprint density at radius 3 is 2.77 bits per heavy atom. The number of aromatic amines is 1. The number of methoxy groups -OCH3 is 1. The van der Waals surface area contributed by atoms with E-state index in [0.717, 1.165) is 12.2 Å². The van der Waals surface area contributed by atoms with Crippen LogP contribution in [0.25, 0.3) is 0 Å². The summed E-state index contributed by atoms with van der Waals surface area (Å²) in [5, 5.41) is 9.62. The van der Waals surface area contributed by atoms with Gasteiger partial charge in [-0.25, -0.2) is 9.37 Å². The van der Waals surface area contributed by atoms with E-state index in [4.69, 9.17) is 4.74 Å². The average molecular weight is 361 g/mol. The molecule has 0 amide bonds. The van der Waals surface area contributed by atoms with Crippen molar-refractivity contribution in [3.8, 4) is 11.5 Å². The summed E-state index contributed by atoms with van der Waals surface area (Å²) >= 11 is 0. The minimum atomic E-state index is -0.717. The van der Waals surface area contributed by atoms with E-state index in [0.29, 0.717) is 36.5 Å². The van der Waals surface area contributed by atoms with Crippen LogP contribution in [0.15, 0.2) is 16.9 Å². The number of H-pyrrole nitrogens is 1. The molecule has 2 aromatic rings. The minimum Gasteiger partial charge on any atom is -0.502 e. The SMILES string of the molecule is COc1cc(CN2CCc3nc(C(C)(C)C)[nH]c(=O)c3C2)cc(F)c1O. The minimum absolute atomic E-state index is 0.103. The van der Waals surface area contributed by atoms with Crippen molar-refractivity contribution >= 4 is 0 Å². The molecule has 0 unspecified atom stereocenters. The number of rotatable bonds is 3. The van der Waals surface area contributed by atoms with Gasteiger partial charge in [0, 0.05) is 31.5 Å². The van der Waals surface area contributed by atoms with Crippen LogP contribution in [0.5, 0.6) is 11.5 Å². The predicted octanol–water partition coefficient (Wildman–Crippen LogP) is 2.48. The molecule has 1 aromatic heterocycles. The lowest BCUT2D eigenvalue weighted by Gasteiger charge is -2.29. The molecule has 0 saturated carbocycles. The smallest absolute Gasteiger partial charge is 0.255 e. The lowest BCUT2D eigenvalue weighted by atomic mass is 9.95. The van der Waals surface area contributed by atoms with Crippen molar-refractivity contribution in [1.29, 1.82) is 0 Å². The molecule has 0 aliphatic carbocycles. The molecule has 0 radical (unpaired) electrons. The Balaban J connectivity index is 1.83. The van der Waals surface area contributed by atoms with Gasteiger partial charge in [-0.3, -0.25) is 9.69 Å². The fraction of sp³-hybridized carbons (Fsp3) is 0.474. The first kappa shape index (κ1) is 18.4. The zero-order valence-corrected chi connectivity index (χ0v) is 15.5. The molecule has 26 heavy (non-hydrogen) atoms. The summed E-state index contributed by atoms with van der Waals surface area (Å²) in [6, 6.07) is 2.90. The second kappa shape index (κ2) is 6.72. The molecule has 0 fully saturated rings. The number of hydrogen-bond acceptors (Lipinski definition) is 5. The molecule has 1 aliphatic rings. The van der Waals surface area contributed by atoms with E-state index in [1.54, 1.807) is 6.07 Å². The van der Waals surface area contributed by atoms with Crippen LogP contribution in [0.3, 0.4) is 0 Å². The Morgan fingerprint density at radius 2 is 2.12 bits per heavy atom. The van der Waals surface area contributed by atoms with Gasteiger partial charge in [-0.05, 0) is 17.7 Å². The van der Waals surface area contributed by atoms with E-state index in [1.165, 1.54) is 13.2 Å². The Bertz CT molecular complexity index is 887. The number of benzene rings is 1. The van der Waals surface area contributed by atoms with Crippen molar-refractivity contribution in [3.63, 3.8) is 0 Å². The first-order valence-electron chi connectivity index (χ1n) is 8.59. The summed E-state index contributed by atoms with van der Waals surface area (Å²) < 4.78 is 18.8. The second-order valence-corrected chi connectivity index (χ2v) is 7.68. The third-order valence-corrected chi connectivity index (χ3v) is 4.57. The van der Waals surface area contributed by atoms with E-state index in [2.05, 4.69) is 14.9 Å². The van der Waals surface area contributed by atoms with Crippen LogP contribution in [0.1, 0.15) is 43.4 Å². The molecule has 6 nitrogen and oxygen atoms in total. The number of phenols is 1. The number of nitrogens with one attached hydrogen (secondary N) is 1. The van der Waals surface area contributed by atoms with E-state index in [1.807, 2.05) is 20.8 Å². The molecular weight excluding hydrogens is 337 g/mol. The summed E-state index contributed by atoms with van der Waals surface area (Å²) in [7, 11) is 1.38. The molecule has 0 spiro atoms. The Kier molecular flexibility index (Phi) is 4.75. The van der Waals surface area contributed by atoms with Crippen LogP contribution in [-0.2, 0) is 24.9 Å². The molecule has 0 bridgehead atoms. The van der Waals surface area contributed by atoms with Gasteiger partial charge in [-0.1, -0.05) is 20.8 Å². The molecule has 2 N–H and O–H groups in total. The van der Waals surface area contributed by atoms with Gasteiger partial charge in [-0.15, -0.1) is 0 Å². The molecule has 0 saturated heterocycles. The lowest BCUT2D eigenvalue weighted by Crippen LogP contribution is -2.37. The zero-order valence-electron chi connectivity index (χ0n) is 15.5. The number of nitrogens with zero attached hydrogens (tertiary/aromatic N) is 2. The van der Waals surface area contributed by atoms with Crippen molar-refractivity contribution in [2.75, 3.05) is 13.7 Å². The Hall–Kier alpha value is -2.41. The van der Waals surface area contributed by atoms with Crippen molar-refractivity contribution in [3.05, 3.63) is 50.9 Å². The van der Waals surface area contributed by atoms with E-state index in [-0.39, 0.29) is 16.7 Å². The summed E-state index contributed by atoms with van der Waals surface area (Å²) in [5.74, 6) is -0.409. The number of ether oxygens (including phenoxy) is 1. The van der Waals surface area contributed by atoms with Gasteiger partial charge < -0.3 is 14.8 Å². The van der Waals surface area contributed by atoms with Crippen molar-refractivity contribution < 1.29 is 14.2 Å². The molecule has 1 aromatic carbocycles. The van der Waals surface area contributed by atoms with Gasteiger partial charge in [0.15, 0.2) is 17.3 Å². The van der Waals surface area contributed by atoms with Crippen molar-refractivity contribution in [2.24, 2.45) is 0 Å². The summed E-state index contributed by atoms with van der Waals surface area (Å²) in [6.07, 6.45) is 0.667. The third-order valence-electron chi connectivity index (χ3n) is 4.57. The number of fused-ring (bicyclic) bond motifs is 1. The molecule has 3 rings (SSSR count). The Labute approximate surface area is 151 Å². The standard InChI is InChI=1S/C19H24FN3O3/c1-19(2,3)18-21-14-5-6-23(10-12(14)17(25)22-18)9-11-7-13(20)16(24)15(8-11)26-4/h7-8,24H,5-6,9-10H2,1-4H3,(H,21,22,25). The summed E-state index contributed by atoms with van der Waals surface area (Å²) in [5.41, 5.74) is 1.85. The molecule has 2 heterocycles. The van der Waals surface area contributed by atoms with Crippen LogP contribution in [0, 0.1) is 5.82 Å². The first-order valence-corrected chi connectivity index (χ1v) is 8.59. The Morgan fingerprint density at radius 1 is 1.38 bits per heavy atom. The molecule has 140 valence electrons. The largest absolute Gasteiger partial charge is 0.502 e. The van der Waals surface area contributed by atoms with Gasteiger partial charge >= 0.3 is 0 Å². The number of hydrogen-bond donors (Lipinski definition) is 2. The van der Waals surface area contributed by atoms with Gasteiger partial charge in [0.1, 0.15) is 5.82 Å². The molecule has 0 atom stereocenters. The molecular formula is C19H24FN3O3. The average Bonchev–Trinajstić information content (AvgIpc) is 2.57. The van der Waals surface area contributed by atoms with Gasteiger partial charge in [0.05, 0.1) is 18.4 Å². The topological polar surface area (TPSA) is 78.5 Å². The monoisotopic (exact) mass is 361 g/mol. The normalized spacial score (nSPS) is 15.0. The van der Waals surface area contributed by atoms with Crippen LogP contribution in [0.4, 0.5) is 4.39 Å². The number of halogens is 1. The maximum absolute atomic E-state index is 13.8. The lowest BCUT2D eigenvalue weighted by molar-refractivity contribution is 0.240. The van der Waals surface area contributed by atoms with Crippen molar-refractivity contribution in [2.45, 2.75) is 45.7 Å². The maximum atomic E-state index is 13.8. The number of phenolic OH excluding ortho intramolecular Hbond substituents is 1. The van der Waals surface area contributed by atoms with Crippen LogP contribution < -0.4 is 10.3 Å². The number of aromatic nitrogens is 2. The van der Waals surface area contributed by atoms with Crippen LogP contribution in [-0.4, -0.2) is 33.6 Å². The number of aromatic hydroxyl groups is 1. The van der Waals surface area contributed by atoms with E-state index >= 15 is 0 Å². The summed E-state index contributed by atoms with van der Waals surface area (Å²) in [4.78, 5) is 22.1. The zero-order chi connectivity index (χ0) is 19.1. The van der Waals surface area contributed by atoms with Crippen LogP contribution in [0.2, 0.25) is 0 Å². The fourth-order valence-electron chi connectivity index (χ4n) is 3.10. The second-order valence-electron chi connectivity index (χ2n) is 7.68. The highest BCUT2D eigenvalue weighted by molar-refractivity contribution is 5.43. The highest BCUT2D eigenvalue weighted by Gasteiger charge is 2.25. The van der Waals surface area contributed by atoms with Gasteiger partial charge in [-0.2, -0.15) is 0 Å². The van der Waals surface area contributed by atoms with Gasteiger partial charge in [0.25, 0.3) is 5.56 Å². The highest BCUT2D eigenvalue weighted by Crippen LogP contribution is 2.31. The molecule has 7 heteroatoms. The maximum Gasteiger partial charge on any atom is 0.255 e. The third kappa shape index (κ3) is 3.58. The summed E-state index contributed by atoms with van der Waals surface area (Å²) in [6.45, 7) is 7.66. The highest BCUT2D eigenvalue weighted by atomic mass is 19.1. The van der Waals surface area contributed by atoms with Crippen molar-refractivity contribution in [1.82, 2.24) is 14.9 Å². The first-order chi connectivity index (χ1) is 12.2.